The van der Waals surface area contributed by atoms with E-state index in [4.69, 9.17) is 25.3 Å². The van der Waals surface area contributed by atoms with E-state index in [9.17, 15) is 28.0 Å². The lowest BCUT2D eigenvalue weighted by molar-refractivity contribution is -0.832. The number of nitrogens with two attached hydrogens (primary N) is 1. The average Bonchev–Trinajstić information content (AvgIpc) is 4.15. The number of para-hydroxylation sites is 1. The maximum absolute atomic E-state index is 14.2. The molecule has 4 atom stereocenters. The Labute approximate surface area is 373 Å². The van der Waals surface area contributed by atoms with Gasteiger partial charge in [-0.25, -0.2) is 18.6 Å². The molecule has 1 aromatic carbocycles. The van der Waals surface area contributed by atoms with Crippen LogP contribution in [-0.2, 0) is 30.9 Å². The first-order valence-electron chi connectivity index (χ1n) is 22.3. The van der Waals surface area contributed by atoms with Gasteiger partial charge in [0.15, 0.2) is 5.69 Å². The normalized spacial score (nSPS) is 25.9. The third-order valence-corrected chi connectivity index (χ3v) is 13.6. The number of aromatic nitrogens is 4. The molecule has 1 aliphatic carbocycles. The highest BCUT2D eigenvalue weighted by molar-refractivity contribution is 6.18. The van der Waals surface area contributed by atoms with Crippen LogP contribution in [0.1, 0.15) is 87.6 Å². The van der Waals surface area contributed by atoms with Crippen LogP contribution in [0.4, 0.5) is 14.5 Å². The number of likely N-dealkylation sites (tertiary alicyclic amines) is 2. The Morgan fingerprint density at radius 3 is 2.60 bits per heavy atom. The molecule has 6 aliphatic rings. The number of aliphatic carboxylic acids is 1. The molecule has 2 unspecified atom stereocenters. The molecule has 1 saturated carbocycles. The lowest BCUT2D eigenvalue weighted by Gasteiger charge is -2.36. The quantitative estimate of drug-likeness (QED) is 0.168. The van der Waals surface area contributed by atoms with E-state index in [0.29, 0.717) is 41.8 Å². The van der Waals surface area contributed by atoms with Crippen molar-refractivity contribution in [3.05, 3.63) is 70.2 Å². The summed E-state index contributed by atoms with van der Waals surface area (Å²) in [6.45, 7) is 4.74. The van der Waals surface area contributed by atoms with Gasteiger partial charge in [0.1, 0.15) is 42.7 Å². The van der Waals surface area contributed by atoms with Crippen LogP contribution < -0.4 is 16.7 Å². The lowest BCUT2D eigenvalue weighted by Crippen LogP contribution is -2.44. The monoisotopic (exact) mass is 898 g/mol. The first-order valence-corrected chi connectivity index (χ1v) is 22.3. The summed E-state index contributed by atoms with van der Waals surface area (Å²) in [5, 5.41) is 20.6. The Kier molecular flexibility index (Phi) is 12.6. The molecule has 1 spiro atoms. The zero-order valence-corrected chi connectivity index (χ0v) is 36.2. The molecule has 20 heteroatoms. The number of halogens is 2. The summed E-state index contributed by atoms with van der Waals surface area (Å²) in [5.41, 5.74) is 6.47. The largest absolute Gasteiger partial charge is 0.481 e. The fraction of sp³-hybridized carbons (Fsp3) is 0.533. The highest BCUT2D eigenvalue weighted by atomic mass is 19.3. The summed E-state index contributed by atoms with van der Waals surface area (Å²) in [7, 11) is 1.58. The minimum atomic E-state index is -2.86. The second kappa shape index (κ2) is 18.5. The number of quaternary nitrogens is 1. The number of aryl methyl sites for hydroxylation is 1. The van der Waals surface area contributed by atoms with E-state index >= 15 is 0 Å². The molecule has 3 saturated heterocycles. The average molecular weight is 899 g/mol. The number of piperidine rings is 1. The van der Waals surface area contributed by atoms with Gasteiger partial charge in [0.05, 0.1) is 53.2 Å². The number of amides is 2. The first-order chi connectivity index (χ1) is 31.3. The number of benzene rings is 1. The Morgan fingerprint density at radius 1 is 1.12 bits per heavy atom. The van der Waals surface area contributed by atoms with Gasteiger partial charge in [0.2, 0.25) is 12.6 Å². The number of morpholine rings is 1. The van der Waals surface area contributed by atoms with Crippen LogP contribution in [0.3, 0.4) is 0 Å². The summed E-state index contributed by atoms with van der Waals surface area (Å²) in [5.74, 6) is 5.13. The third kappa shape index (κ3) is 9.28. The summed E-state index contributed by atoms with van der Waals surface area (Å²) < 4.78 is 44.6. The number of fused-ring (bicyclic) bond motifs is 3. The van der Waals surface area contributed by atoms with E-state index in [1.165, 1.54) is 21.5 Å². The van der Waals surface area contributed by atoms with E-state index in [0.717, 1.165) is 77.0 Å². The van der Waals surface area contributed by atoms with E-state index < -0.39 is 41.6 Å². The number of amidine groups is 1. The standard InChI is InChI=1S/C45H53F2N11O7/c1-53-41-29(4-2-6-36(41)57(45(53)63)37(43(48)61)11-12-39(59)60)5-3-19-64-33-13-16-54(17-14-33)22-28-7-9-31(10-8-28)56-24-35(40(52-56)42(46)47)51-44(62)30-21-50-58(25-30)18-15-38(49-27-58)55-23-34-20-32(55)26-65-34/h2,4,6,15,18,21,24-25,28,31-34,37,42H,7-14,16-17,19-20,22-23,26-27H2,1H3,(H3-,48,51,59,60,61,62)/p+1/t28?,31?,32-,34-,37?,58?/m1/s1. The topological polar surface area (TPSA) is 204 Å². The second-order valence-electron chi connectivity index (χ2n) is 17.9. The molecule has 2 bridgehead atoms. The molecule has 5 aliphatic heterocycles. The van der Waals surface area contributed by atoms with Crippen LogP contribution in [-0.4, -0.2) is 133 Å². The molecule has 0 radical (unpaired) electrons. The zero-order chi connectivity index (χ0) is 45.4. The molecule has 3 aromatic rings. The Bertz CT molecular complexity index is 2590. The van der Waals surface area contributed by atoms with Crippen molar-refractivity contribution >= 4 is 46.6 Å². The van der Waals surface area contributed by atoms with E-state index in [2.05, 4.69) is 37.2 Å². The molecule has 2 aromatic heterocycles. The summed E-state index contributed by atoms with van der Waals surface area (Å²) in [4.78, 5) is 59.5. The van der Waals surface area contributed by atoms with Crippen LogP contribution in [0.2, 0.25) is 0 Å². The van der Waals surface area contributed by atoms with Gasteiger partial charge >= 0.3 is 11.7 Å². The molecular formula is C45H54F2N11O7+. The Hall–Kier alpha value is -6.01. The maximum atomic E-state index is 14.2. The van der Waals surface area contributed by atoms with Gasteiger partial charge in [-0.2, -0.15) is 5.10 Å². The van der Waals surface area contributed by atoms with E-state index in [1.807, 2.05) is 12.3 Å². The lowest BCUT2D eigenvalue weighted by atomic mass is 9.85. The predicted octanol–water partition coefficient (Wildman–Crippen LogP) is 3.62. The van der Waals surface area contributed by atoms with Gasteiger partial charge in [-0.15, -0.1) is 4.59 Å². The zero-order valence-electron chi connectivity index (χ0n) is 36.2. The van der Waals surface area contributed by atoms with Crippen LogP contribution in [0.25, 0.3) is 11.0 Å². The van der Waals surface area contributed by atoms with Crippen molar-refractivity contribution in [1.29, 1.82) is 0 Å². The summed E-state index contributed by atoms with van der Waals surface area (Å²) >= 11 is 0. The molecular weight excluding hydrogens is 845 g/mol. The van der Waals surface area contributed by atoms with Gasteiger partial charge in [0, 0.05) is 51.9 Å². The number of hydrogen-bond donors (Lipinski definition) is 3. The maximum Gasteiger partial charge on any atom is 0.329 e. The summed E-state index contributed by atoms with van der Waals surface area (Å²) in [6.07, 6.45) is 11.7. The number of nitrogens with zero attached hydrogens (tertiary/aromatic N) is 9. The number of carbonyl (C=O) groups is 3. The van der Waals surface area contributed by atoms with Crippen molar-refractivity contribution in [3.8, 4) is 11.8 Å². The van der Waals surface area contributed by atoms with Crippen molar-refractivity contribution in [2.24, 2.45) is 28.8 Å². The van der Waals surface area contributed by atoms with E-state index in [1.54, 1.807) is 36.1 Å². The highest BCUT2D eigenvalue weighted by Gasteiger charge is 2.42. The molecule has 4 fully saturated rings. The van der Waals surface area contributed by atoms with Gasteiger partial charge in [-0.05, 0) is 69.4 Å². The van der Waals surface area contributed by atoms with Gasteiger partial charge in [-0.1, -0.05) is 23.0 Å². The smallest absolute Gasteiger partial charge is 0.329 e. The van der Waals surface area contributed by atoms with Crippen molar-refractivity contribution < 1.29 is 42.3 Å². The number of alkyl halides is 2. The van der Waals surface area contributed by atoms with Gasteiger partial charge in [0.25, 0.3) is 12.3 Å². The molecule has 4 N–H and O–H groups in total. The number of carboxylic acid groups (broad SMARTS) is 1. The van der Waals surface area contributed by atoms with Gasteiger partial charge in [-0.3, -0.25) is 28.2 Å². The van der Waals surface area contributed by atoms with Crippen molar-refractivity contribution in [2.75, 3.05) is 51.4 Å². The highest BCUT2D eigenvalue weighted by Crippen LogP contribution is 2.36. The Morgan fingerprint density at radius 2 is 1.92 bits per heavy atom. The number of imidazole rings is 1. The van der Waals surface area contributed by atoms with Crippen LogP contribution in [0.15, 0.2) is 63.3 Å². The van der Waals surface area contributed by atoms with Crippen molar-refractivity contribution in [3.63, 3.8) is 0 Å². The van der Waals surface area contributed by atoms with E-state index in [-0.39, 0.29) is 53.6 Å². The number of carbonyl (C=O) groups excluding carboxylic acids is 2. The number of carboxylic acids is 1. The minimum absolute atomic E-state index is 0.00165. The number of hydrogen-bond acceptors (Lipinski definition) is 11. The van der Waals surface area contributed by atoms with Gasteiger partial charge < -0.3 is 35.4 Å². The molecule has 9 rings (SSSR count). The molecule has 65 heavy (non-hydrogen) atoms. The third-order valence-electron chi connectivity index (χ3n) is 13.6. The number of rotatable bonds is 13. The fourth-order valence-corrected chi connectivity index (χ4v) is 10.2. The second-order valence-corrected chi connectivity index (χ2v) is 17.9. The van der Waals surface area contributed by atoms with Crippen LogP contribution in [0, 0.1) is 17.8 Å². The molecule has 18 nitrogen and oxygen atoms in total. The molecule has 344 valence electrons. The molecule has 2 amide bonds. The van der Waals surface area contributed by atoms with Crippen LogP contribution in [0.5, 0.6) is 0 Å². The van der Waals surface area contributed by atoms with Crippen molar-refractivity contribution in [1.82, 2.24) is 28.7 Å². The number of aliphatic imine (C=N–C) groups is 1. The first kappa shape index (κ1) is 44.2. The fourth-order valence-electron chi connectivity index (χ4n) is 10.2. The summed E-state index contributed by atoms with van der Waals surface area (Å²) in [6, 6.07) is 4.36. The number of anilines is 1. The SMILES string of the molecule is Cn1c(=O)n(C(CCC(=O)O)C(N)=O)c2cccc(C#CCOC3CCN(CC4CCC(n5cc(NC(=O)C6=C[N+]7(C=CC(N8C[C@H]9C[C@@H]8CO9)=NC7)N=C6)c(C(F)F)n5)CC4)CC3)c21. The van der Waals surface area contributed by atoms with Crippen molar-refractivity contribution in [2.45, 2.75) is 94.5 Å². The number of nitrogens with one attached hydrogen (secondary N) is 1. The van der Waals surface area contributed by atoms with Crippen LogP contribution >= 0.6 is 0 Å². The Balaban J connectivity index is 0.728. The molecule has 7 heterocycles. The predicted molar refractivity (Wildman–Crippen MR) is 235 cm³/mol. The number of primary amides is 1. The minimum Gasteiger partial charge on any atom is -0.481 e. The number of ether oxygens (including phenoxy) is 2.